The van der Waals surface area contributed by atoms with E-state index in [1.54, 1.807) is 23.1 Å². The van der Waals surface area contributed by atoms with Crippen molar-refractivity contribution in [1.82, 2.24) is 10.2 Å². The molecule has 0 bridgehead atoms. The van der Waals surface area contributed by atoms with Crippen LogP contribution in [0.1, 0.15) is 50.2 Å². The largest absolute Gasteiger partial charge is 0.352 e. The van der Waals surface area contributed by atoms with E-state index in [0.29, 0.717) is 17.2 Å². The molecule has 1 saturated carbocycles. The summed E-state index contributed by atoms with van der Waals surface area (Å²) in [5.74, 6) is 0.347. The molecule has 2 aromatic carbocycles. The molecule has 3 rings (SSSR count). The Kier molecular flexibility index (Phi) is 9.42. The second-order valence-corrected chi connectivity index (χ2v) is 9.54. The van der Waals surface area contributed by atoms with E-state index >= 15 is 0 Å². The predicted molar refractivity (Wildman–Crippen MR) is 129 cm³/mol. The smallest absolute Gasteiger partial charge is 0.243 e. The molecular weight excluding hydrogens is 447 g/mol. The van der Waals surface area contributed by atoms with Crippen LogP contribution in [0.5, 0.6) is 0 Å². The lowest BCUT2D eigenvalue weighted by Crippen LogP contribution is -2.51. The van der Waals surface area contributed by atoms with Crippen molar-refractivity contribution in [2.75, 3.05) is 5.75 Å². The van der Waals surface area contributed by atoms with Crippen molar-refractivity contribution in [3.05, 3.63) is 70.5 Å². The van der Waals surface area contributed by atoms with Gasteiger partial charge in [0.25, 0.3) is 0 Å². The maximum absolute atomic E-state index is 13.3. The Bertz CT molecular complexity index is 903. The summed E-state index contributed by atoms with van der Waals surface area (Å²) in [4.78, 5) is 28.0. The Morgan fingerprint density at radius 3 is 2.50 bits per heavy atom. The number of carbonyl (C=O) groups is 2. The second-order valence-electron chi connectivity index (χ2n) is 8.15. The second kappa shape index (κ2) is 12.3. The van der Waals surface area contributed by atoms with Gasteiger partial charge in [-0.05, 0) is 48.6 Å². The predicted octanol–water partition coefficient (Wildman–Crippen LogP) is 5.58. The molecule has 172 valence electrons. The molecule has 0 aliphatic heterocycles. The summed E-state index contributed by atoms with van der Waals surface area (Å²) >= 11 is 7.82. The van der Waals surface area contributed by atoms with Crippen LogP contribution in [0, 0.1) is 5.82 Å². The summed E-state index contributed by atoms with van der Waals surface area (Å²) in [7, 11) is 0. The van der Waals surface area contributed by atoms with Gasteiger partial charge in [-0.2, -0.15) is 0 Å². The van der Waals surface area contributed by atoms with Gasteiger partial charge in [-0.3, -0.25) is 9.59 Å². The number of amides is 2. The molecule has 4 nitrogen and oxygen atoms in total. The Morgan fingerprint density at radius 2 is 1.84 bits per heavy atom. The first-order valence-corrected chi connectivity index (χ1v) is 12.7. The molecule has 0 unspecified atom stereocenters. The number of rotatable bonds is 10. The fraction of sp³-hybridized carbons (Fsp3) is 0.440. The highest BCUT2D eigenvalue weighted by Crippen LogP contribution is 2.23. The third kappa shape index (κ3) is 6.97. The summed E-state index contributed by atoms with van der Waals surface area (Å²) in [6, 6.07) is 13.3. The molecule has 0 spiro atoms. The average Bonchev–Trinajstić information content (AvgIpc) is 3.29. The number of hydrogen-bond donors (Lipinski definition) is 1. The Balaban J connectivity index is 1.70. The van der Waals surface area contributed by atoms with Gasteiger partial charge in [0.05, 0.1) is 5.75 Å². The molecule has 1 aliphatic carbocycles. The van der Waals surface area contributed by atoms with E-state index in [2.05, 4.69) is 5.32 Å². The van der Waals surface area contributed by atoms with E-state index in [1.807, 2.05) is 25.1 Å². The quantitative estimate of drug-likeness (QED) is 0.487. The standard InChI is InChI=1S/C25H30ClFN2O2S/c1-2-23(25(31)28-21-8-4-5-9-21)29(15-19-7-3-6-10-22(19)26)24(30)17-32-16-18-11-13-20(27)14-12-18/h3,6-7,10-14,21,23H,2,4-5,8-9,15-17H2,1H3,(H,28,31)/t23-/m1/s1. The molecule has 1 atom stereocenters. The first-order valence-electron chi connectivity index (χ1n) is 11.1. The van der Waals surface area contributed by atoms with E-state index in [4.69, 9.17) is 11.6 Å². The summed E-state index contributed by atoms with van der Waals surface area (Å²) in [5, 5.41) is 3.72. The van der Waals surface area contributed by atoms with Crippen LogP contribution in [0.25, 0.3) is 0 Å². The van der Waals surface area contributed by atoms with E-state index in [-0.39, 0.29) is 36.0 Å². The van der Waals surface area contributed by atoms with Crippen LogP contribution < -0.4 is 5.32 Å². The molecule has 1 fully saturated rings. The first-order chi connectivity index (χ1) is 15.5. The van der Waals surface area contributed by atoms with Gasteiger partial charge in [-0.15, -0.1) is 11.8 Å². The lowest BCUT2D eigenvalue weighted by molar-refractivity contribution is -0.139. The highest BCUT2D eigenvalue weighted by atomic mass is 35.5. The van der Waals surface area contributed by atoms with Crippen molar-refractivity contribution in [2.24, 2.45) is 0 Å². The van der Waals surface area contributed by atoms with Gasteiger partial charge in [0.2, 0.25) is 11.8 Å². The lowest BCUT2D eigenvalue weighted by Gasteiger charge is -2.31. The molecule has 2 amide bonds. The van der Waals surface area contributed by atoms with Crippen molar-refractivity contribution in [2.45, 2.75) is 63.4 Å². The fourth-order valence-corrected chi connectivity index (χ4v) is 5.08. The van der Waals surface area contributed by atoms with E-state index in [9.17, 15) is 14.0 Å². The Morgan fingerprint density at radius 1 is 1.16 bits per heavy atom. The van der Waals surface area contributed by atoms with Crippen LogP contribution in [0.4, 0.5) is 4.39 Å². The number of thioether (sulfide) groups is 1. The summed E-state index contributed by atoms with van der Waals surface area (Å²) in [5.41, 5.74) is 1.77. The zero-order valence-electron chi connectivity index (χ0n) is 18.4. The normalized spacial score (nSPS) is 14.8. The number of nitrogens with zero attached hydrogens (tertiary/aromatic N) is 1. The van der Waals surface area contributed by atoms with Gasteiger partial charge in [-0.25, -0.2) is 4.39 Å². The van der Waals surface area contributed by atoms with Crippen molar-refractivity contribution in [3.8, 4) is 0 Å². The maximum atomic E-state index is 13.3. The first kappa shape index (κ1) is 24.6. The summed E-state index contributed by atoms with van der Waals surface area (Å²) < 4.78 is 13.1. The minimum Gasteiger partial charge on any atom is -0.352 e. The molecule has 1 N–H and O–H groups in total. The van der Waals surface area contributed by atoms with Gasteiger partial charge < -0.3 is 10.2 Å². The van der Waals surface area contributed by atoms with Crippen molar-refractivity contribution in [1.29, 1.82) is 0 Å². The Labute approximate surface area is 198 Å². The number of halogens is 2. The highest BCUT2D eigenvalue weighted by molar-refractivity contribution is 7.99. The molecule has 1 aliphatic rings. The van der Waals surface area contributed by atoms with Crippen LogP contribution in [-0.4, -0.2) is 34.6 Å². The highest BCUT2D eigenvalue weighted by Gasteiger charge is 2.30. The van der Waals surface area contributed by atoms with Crippen LogP contribution in [-0.2, 0) is 21.9 Å². The molecule has 0 heterocycles. The van der Waals surface area contributed by atoms with E-state index < -0.39 is 6.04 Å². The number of hydrogen-bond acceptors (Lipinski definition) is 3. The number of benzene rings is 2. The molecule has 0 aromatic heterocycles. The number of nitrogens with one attached hydrogen (secondary N) is 1. The van der Waals surface area contributed by atoms with Crippen LogP contribution in [0.2, 0.25) is 5.02 Å². The van der Waals surface area contributed by atoms with E-state index in [1.165, 1.54) is 23.9 Å². The minimum absolute atomic E-state index is 0.0941. The maximum Gasteiger partial charge on any atom is 0.243 e. The zero-order valence-corrected chi connectivity index (χ0v) is 19.9. The third-order valence-electron chi connectivity index (χ3n) is 5.79. The van der Waals surface area contributed by atoms with Gasteiger partial charge in [0.15, 0.2) is 0 Å². The molecule has 0 radical (unpaired) electrons. The summed E-state index contributed by atoms with van der Waals surface area (Å²) in [6.45, 7) is 2.21. The van der Waals surface area contributed by atoms with E-state index in [0.717, 1.165) is 36.8 Å². The Hall–Kier alpha value is -2.05. The molecule has 2 aromatic rings. The van der Waals surface area contributed by atoms with Crippen molar-refractivity contribution >= 4 is 35.2 Å². The van der Waals surface area contributed by atoms with Gasteiger partial charge in [0.1, 0.15) is 11.9 Å². The molecule has 7 heteroatoms. The van der Waals surface area contributed by atoms with Gasteiger partial charge >= 0.3 is 0 Å². The number of carbonyl (C=O) groups excluding carboxylic acids is 2. The van der Waals surface area contributed by atoms with Crippen LogP contribution in [0.3, 0.4) is 0 Å². The van der Waals surface area contributed by atoms with Crippen molar-refractivity contribution in [3.63, 3.8) is 0 Å². The van der Waals surface area contributed by atoms with Crippen molar-refractivity contribution < 1.29 is 14.0 Å². The fourth-order valence-electron chi connectivity index (χ4n) is 4.02. The van der Waals surface area contributed by atoms with Gasteiger partial charge in [-0.1, -0.05) is 61.7 Å². The average molecular weight is 477 g/mol. The summed E-state index contributed by atoms with van der Waals surface area (Å²) in [6.07, 6.45) is 4.77. The molecule has 0 saturated heterocycles. The topological polar surface area (TPSA) is 49.4 Å². The third-order valence-corrected chi connectivity index (χ3v) is 7.15. The van der Waals surface area contributed by atoms with Gasteiger partial charge in [0, 0.05) is 23.4 Å². The minimum atomic E-state index is -0.550. The van der Waals surface area contributed by atoms with Crippen LogP contribution in [0.15, 0.2) is 48.5 Å². The molecular formula is C25H30ClFN2O2S. The lowest BCUT2D eigenvalue weighted by atomic mass is 10.1. The molecule has 32 heavy (non-hydrogen) atoms. The zero-order chi connectivity index (χ0) is 22.9. The monoisotopic (exact) mass is 476 g/mol. The SMILES string of the molecule is CC[C@H](C(=O)NC1CCCC1)N(Cc1ccccc1Cl)C(=O)CSCc1ccc(F)cc1. The van der Waals surface area contributed by atoms with Crippen LogP contribution >= 0.6 is 23.4 Å².